The Labute approximate surface area is 115 Å². The second-order valence-electron chi connectivity index (χ2n) is 3.99. The predicted octanol–water partition coefficient (Wildman–Crippen LogP) is -0.710. The largest absolute Gasteiger partial charge is 0.383 e. The molecule has 1 aromatic rings. The minimum atomic E-state index is -0.790. The number of nitrogens with zero attached hydrogens (tertiary/aromatic N) is 2. The summed E-state index contributed by atoms with van der Waals surface area (Å²) in [6, 6.07) is 1.51. The highest BCUT2D eigenvalue weighted by molar-refractivity contribution is 5.23. The fraction of sp³-hybridized carbons (Fsp3) is 0.636. The maximum atomic E-state index is 11.7. The summed E-state index contributed by atoms with van der Waals surface area (Å²) in [7, 11) is 2.90. The summed E-state index contributed by atoms with van der Waals surface area (Å²) >= 11 is 0. The number of nitrogens with two attached hydrogens (primary N) is 1. The Hall–Kier alpha value is -1.52. The molecule has 0 saturated carbocycles. The van der Waals surface area contributed by atoms with Crippen LogP contribution >= 0.6 is 0 Å². The first-order chi connectivity index (χ1) is 9.63. The van der Waals surface area contributed by atoms with E-state index in [9.17, 15) is 4.79 Å². The van der Waals surface area contributed by atoms with E-state index in [1.807, 2.05) is 0 Å². The lowest BCUT2D eigenvalue weighted by molar-refractivity contribution is -0.284. The molecule has 112 valence electrons. The van der Waals surface area contributed by atoms with E-state index >= 15 is 0 Å². The average molecular weight is 287 g/mol. The zero-order valence-electron chi connectivity index (χ0n) is 11.2. The molecule has 0 aromatic carbocycles. The van der Waals surface area contributed by atoms with Crippen LogP contribution in [-0.4, -0.2) is 49.8 Å². The van der Waals surface area contributed by atoms with Gasteiger partial charge in [0, 0.05) is 20.4 Å². The Morgan fingerprint density at radius 2 is 2.30 bits per heavy atom. The van der Waals surface area contributed by atoms with Crippen molar-refractivity contribution in [3.8, 4) is 0 Å². The molecule has 1 saturated heterocycles. The molecular weight excluding hydrogens is 270 g/mol. The molecule has 9 heteroatoms. The van der Waals surface area contributed by atoms with Crippen molar-refractivity contribution in [1.29, 1.82) is 0 Å². The third kappa shape index (κ3) is 3.52. The molecule has 2 heterocycles. The lowest BCUT2D eigenvalue weighted by Crippen LogP contribution is -2.29. The van der Waals surface area contributed by atoms with Crippen LogP contribution in [0.4, 0.5) is 5.82 Å². The van der Waals surface area contributed by atoms with Crippen LogP contribution in [0.3, 0.4) is 0 Å². The van der Waals surface area contributed by atoms with E-state index in [1.165, 1.54) is 31.0 Å². The zero-order chi connectivity index (χ0) is 14.5. The van der Waals surface area contributed by atoms with Gasteiger partial charge >= 0.3 is 5.69 Å². The summed E-state index contributed by atoms with van der Waals surface area (Å²) in [5.41, 5.74) is 4.93. The maximum Gasteiger partial charge on any atom is 0.351 e. The highest BCUT2D eigenvalue weighted by atomic mass is 16.8. The van der Waals surface area contributed by atoms with E-state index in [0.29, 0.717) is 0 Å². The number of aromatic nitrogens is 2. The van der Waals surface area contributed by atoms with Crippen molar-refractivity contribution in [2.24, 2.45) is 0 Å². The van der Waals surface area contributed by atoms with Crippen LogP contribution in [0.25, 0.3) is 0 Å². The summed E-state index contributed by atoms with van der Waals surface area (Å²) in [5.74, 6) is 0.160. The SMILES string of the molecule is COC(OC)OCC1OCC(n2ccc(N)nc2=O)O1. The number of ether oxygens (including phenoxy) is 5. The molecule has 1 aliphatic rings. The minimum Gasteiger partial charge on any atom is -0.383 e. The quantitative estimate of drug-likeness (QED) is 0.684. The molecule has 0 radical (unpaired) electrons. The van der Waals surface area contributed by atoms with E-state index in [2.05, 4.69) is 4.98 Å². The number of anilines is 1. The van der Waals surface area contributed by atoms with Crippen LogP contribution in [0.2, 0.25) is 0 Å². The summed E-state index contributed by atoms with van der Waals surface area (Å²) in [6.45, 7) is -0.466. The number of nitrogen functional groups attached to an aromatic ring is 1. The molecule has 0 bridgehead atoms. The van der Waals surface area contributed by atoms with E-state index < -0.39 is 24.7 Å². The monoisotopic (exact) mass is 287 g/mol. The highest BCUT2D eigenvalue weighted by Crippen LogP contribution is 2.20. The molecule has 0 amide bonds. The second-order valence-corrected chi connectivity index (χ2v) is 3.99. The molecule has 1 fully saturated rings. The van der Waals surface area contributed by atoms with Gasteiger partial charge in [-0.1, -0.05) is 0 Å². The molecule has 2 rings (SSSR count). The van der Waals surface area contributed by atoms with Crippen molar-refractivity contribution in [3.63, 3.8) is 0 Å². The van der Waals surface area contributed by atoms with E-state index in [0.717, 1.165) is 0 Å². The van der Waals surface area contributed by atoms with Crippen LogP contribution in [-0.2, 0) is 23.7 Å². The molecule has 1 aliphatic heterocycles. The molecule has 0 aliphatic carbocycles. The predicted molar refractivity (Wildman–Crippen MR) is 66.5 cm³/mol. The molecule has 1 aromatic heterocycles. The van der Waals surface area contributed by atoms with Gasteiger partial charge in [0.05, 0.1) is 6.61 Å². The summed E-state index contributed by atoms with van der Waals surface area (Å²) in [4.78, 5) is 15.3. The van der Waals surface area contributed by atoms with Crippen LogP contribution in [0.15, 0.2) is 17.1 Å². The second kappa shape index (κ2) is 6.77. The van der Waals surface area contributed by atoms with Gasteiger partial charge < -0.3 is 29.4 Å². The van der Waals surface area contributed by atoms with Gasteiger partial charge in [-0.25, -0.2) is 4.79 Å². The van der Waals surface area contributed by atoms with Crippen molar-refractivity contribution < 1.29 is 23.7 Å². The Morgan fingerprint density at radius 3 is 2.95 bits per heavy atom. The van der Waals surface area contributed by atoms with Gasteiger partial charge in [-0.05, 0) is 6.07 Å². The third-order valence-electron chi connectivity index (χ3n) is 2.65. The molecule has 9 nitrogen and oxygen atoms in total. The number of hydrogen-bond donors (Lipinski definition) is 1. The van der Waals surface area contributed by atoms with Gasteiger partial charge in [-0.2, -0.15) is 4.98 Å². The van der Waals surface area contributed by atoms with Crippen molar-refractivity contribution in [2.75, 3.05) is 33.2 Å². The van der Waals surface area contributed by atoms with Gasteiger partial charge in [0.15, 0.2) is 12.5 Å². The molecule has 2 unspecified atom stereocenters. The summed E-state index contributed by atoms with van der Waals surface area (Å²) in [6.07, 6.45) is 0.333. The lowest BCUT2D eigenvalue weighted by atomic mass is 10.5. The topological polar surface area (TPSA) is 107 Å². The van der Waals surface area contributed by atoms with Gasteiger partial charge in [0.2, 0.25) is 0 Å². The Balaban J connectivity index is 1.90. The number of hydrogen-bond acceptors (Lipinski definition) is 8. The number of methoxy groups -OCH3 is 2. The molecule has 2 N–H and O–H groups in total. The minimum absolute atomic E-state index is 0.111. The van der Waals surface area contributed by atoms with Gasteiger partial charge in [0.25, 0.3) is 6.48 Å². The average Bonchev–Trinajstić information content (AvgIpc) is 2.88. The van der Waals surface area contributed by atoms with Crippen molar-refractivity contribution in [1.82, 2.24) is 9.55 Å². The van der Waals surface area contributed by atoms with Crippen LogP contribution in [0, 0.1) is 0 Å². The Bertz CT molecular complexity index is 489. The highest BCUT2D eigenvalue weighted by Gasteiger charge is 2.29. The summed E-state index contributed by atoms with van der Waals surface area (Å²) in [5, 5.41) is 0. The van der Waals surface area contributed by atoms with Gasteiger partial charge in [-0.3, -0.25) is 4.57 Å². The first-order valence-corrected chi connectivity index (χ1v) is 5.93. The van der Waals surface area contributed by atoms with Crippen molar-refractivity contribution in [2.45, 2.75) is 19.0 Å². The first-order valence-electron chi connectivity index (χ1n) is 5.93. The van der Waals surface area contributed by atoms with E-state index in [4.69, 9.17) is 29.4 Å². The van der Waals surface area contributed by atoms with Crippen LogP contribution in [0.1, 0.15) is 6.23 Å². The molecule has 0 spiro atoms. The van der Waals surface area contributed by atoms with Crippen LogP contribution in [0.5, 0.6) is 0 Å². The molecular formula is C11H17N3O6. The molecule has 20 heavy (non-hydrogen) atoms. The van der Waals surface area contributed by atoms with Crippen molar-refractivity contribution in [3.05, 3.63) is 22.7 Å². The Kier molecular flexibility index (Phi) is 5.04. The number of rotatable bonds is 6. The van der Waals surface area contributed by atoms with E-state index in [-0.39, 0.29) is 19.0 Å². The van der Waals surface area contributed by atoms with Gasteiger partial charge in [-0.15, -0.1) is 0 Å². The Morgan fingerprint density at radius 1 is 1.55 bits per heavy atom. The van der Waals surface area contributed by atoms with Crippen molar-refractivity contribution >= 4 is 5.82 Å². The summed E-state index contributed by atoms with van der Waals surface area (Å²) < 4.78 is 27.2. The first kappa shape index (κ1) is 14.9. The fourth-order valence-corrected chi connectivity index (χ4v) is 1.71. The van der Waals surface area contributed by atoms with E-state index in [1.54, 1.807) is 0 Å². The maximum absolute atomic E-state index is 11.7. The fourth-order valence-electron chi connectivity index (χ4n) is 1.71. The normalized spacial score (nSPS) is 22.6. The molecule has 2 atom stereocenters. The lowest BCUT2D eigenvalue weighted by Gasteiger charge is -2.17. The van der Waals surface area contributed by atoms with Gasteiger partial charge in [0.1, 0.15) is 12.4 Å². The van der Waals surface area contributed by atoms with Crippen LogP contribution < -0.4 is 11.4 Å². The zero-order valence-corrected chi connectivity index (χ0v) is 11.2. The third-order valence-corrected chi connectivity index (χ3v) is 2.65. The standard InChI is InChI=1S/C11H17N3O6/c1-16-11(17-2)19-6-9-18-5-8(20-9)14-4-3-7(12)13-10(14)15/h3-4,8-9,11H,5-6H2,1-2H3,(H2,12,13,15). The smallest absolute Gasteiger partial charge is 0.351 e.